The van der Waals surface area contributed by atoms with Gasteiger partial charge in [0, 0.05) is 26.2 Å². The smallest absolute Gasteiger partial charge is 0.327 e. The summed E-state index contributed by atoms with van der Waals surface area (Å²) in [5, 5.41) is 0. The quantitative estimate of drug-likeness (QED) is 0.234. The molecule has 3 rings (SSSR count). The van der Waals surface area contributed by atoms with E-state index in [1.807, 2.05) is 24.3 Å². The Morgan fingerprint density at radius 1 is 1.14 bits per heavy atom. The Kier molecular flexibility index (Phi) is 9.64. The van der Waals surface area contributed by atoms with Gasteiger partial charge < -0.3 is 15.5 Å². The van der Waals surface area contributed by atoms with E-state index < -0.39 is 10.1 Å². The lowest BCUT2D eigenvalue weighted by Gasteiger charge is -2.22. The Morgan fingerprint density at radius 2 is 1.89 bits per heavy atom. The normalized spacial score (nSPS) is 12.0. The van der Waals surface area contributed by atoms with Crippen molar-refractivity contribution in [2.24, 2.45) is 0 Å². The maximum atomic E-state index is 12.6. The lowest BCUT2D eigenvalue weighted by molar-refractivity contribution is 0.226. The number of nitrogens with one attached hydrogen (secondary N) is 1. The number of H-pyrrole nitrogens is 1. The van der Waals surface area contributed by atoms with Crippen molar-refractivity contribution < 1.29 is 17.3 Å². The first kappa shape index (κ1) is 26.6. The summed E-state index contributed by atoms with van der Waals surface area (Å²) >= 11 is 0. The van der Waals surface area contributed by atoms with Crippen LogP contribution in [0.1, 0.15) is 38.2 Å². The van der Waals surface area contributed by atoms with Crippen molar-refractivity contribution in [3.63, 3.8) is 0 Å². The maximum absolute atomic E-state index is 12.6. The summed E-state index contributed by atoms with van der Waals surface area (Å²) in [5.74, 6) is 0.172. The van der Waals surface area contributed by atoms with Crippen molar-refractivity contribution >= 4 is 27.1 Å². The molecule has 2 aromatic heterocycles. The van der Waals surface area contributed by atoms with Crippen LogP contribution in [-0.4, -0.2) is 65.4 Å². The van der Waals surface area contributed by atoms with Gasteiger partial charge in [-0.1, -0.05) is 37.6 Å². The van der Waals surface area contributed by atoms with Crippen LogP contribution in [0.5, 0.6) is 6.01 Å². The Balaban J connectivity index is 1.67. The van der Waals surface area contributed by atoms with Gasteiger partial charge in [-0.2, -0.15) is 18.4 Å². The summed E-state index contributed by atoms with van der Waals surface area (Å²) in [6.45, 7) is 5.08. The minimum atomic E-state index is -3.46. The number of unbranched alkanes of at least 4 members (excludes halogenated alkanes) is 1. The van der Waals surface area contributed by atoms with Crippen LogP contribution >= 0.6 is 0 Å². The third-order valence-corrected chi connectivity index (χ3v) is 5.92. The molecule has 0 fully saturated rings. The molecule has 0 aliphatic heterocycles. The van der Waals surface area contributed by atoms with Crippen LogP contribution in [0.25, 0.3) is 11.2 Å². The van der Waals surface area contributed by atoms with Crippen LogP contribution < -0.4 is 16.2 Å². The second-order valence-electron chi connectivity index (χ2n) is 8.29. The monoisotopic (exact) mass is 505 g/mol. The first-order chi connectivity index (χ1) is 16.8. The average Bonchev–Trinajstić information content (AvgIpc) is 3.12. The number of aromatic nitrogens is 4. The molecule has 0 aliphatic carbocycles. The lowest BCUT2D eigenvalue weighted by atomic mass is 10.2. The van der Waals surface area contributed by atoms with E-state index >= 15 is 0 Å². The van der Waals surface area contributed by atoms with Gasteiger partial charge in [0.15, 0.2) is 11.5 Å². The molecule has 1 radical (unpaired) electrons. The molecule has 3 aromatic rings. The molecule has 0 unspecified atom stereocenters. The van der Waals surface area contributed by atoms with Crippen LogP contribution in [-0.2, 0) is 27.4 Å². The molecule has 0 saturated heterocycles. The summed E-state index contributed by atoms with van der Waals surface area (Å²) in [7, 11) is -3.46. The molecule has 12 heteroatoms. The van der Waals surface area contributed by atoms with Crippen molar-refractivity contribution in [1.29, 1.82) is 0 Å². The molecule has 3 N–H and O–H groups in total. The summed E-state index contributed by atoms with van der Waals surface area (Å²) in [5.41, 5.74) is 7.65. The van der Waals surface area contributed by atoms with Gasteiger partial charge in [-0.3, -0.25) is 13.7 Å². The van der Waals surface area contributed by atoms with Crippen molar-refractivity contribution in [3.05, 3.63) is 46.4 Å². The molecule has 0 spiro atoms. The summed E-state index contributed by atoms with van der Waals surface area (Å²) < 4.78 is 34.5. The number of nitrogen functional groups attached to an aromatic ring is 1. The Bertz CT molecular complexity index is 1240. The molecule has 191 valence electrons. The number of ether oxygens (including phenoxy) is 1. The summed E-state index contributed by atoms with van der Waals surface area (Å²) in [4.78, 5) is 26.1. The highest BCUT2D eigenvalue weighted by Crippen LogP contribution is 2.18. The second-order valence-corrected chi connectivity index (χ2v) is 9.94. The summed E-state index contributed by atoms with van der Waals surface area (Å²) in [6.07, 6.45) is 4.10. The fraction of sp³-hybridized carbons (Fsp3) is 0.522. The second kappa shape index (κ2) is 12.7. The van der Waals surface area contributed by atoms with E-state index in [9.17, 15) is 13.2 Å². The lowest BCUT2D eigenvalue weighted by Crippen LogP contribution is -2.28. The highest BCUT2D eigenvalue weighted by molar-refractivity contribution is 7.85. The molecule has 0 amide bonds. The van der Waals surface area contributed by atoms with Crippen LogP contribution in [0.15, 0.2) is 29.1 Å². The first-order valence-electron chi connectivity index (χ1n) is 11.7. The fourth-order valence-corrected chi connectivity index (χ4v) is 4.04. The zero-order valence-corrected chi connectivity index (χ0v) is 21.0. The topological polar surface area (TPSA) is 145 Å². The van der Waals surface area contributed by atoms with Gasteiger partial charge in [0.05, 0.1) is 19.5 Å². The number of imidazole rings is 1. The van der Waals surface area contributed by atoms with Crippen molar-refractivity contribution in [2.75, 3.05) is 38.3 Å². The van der Waals surface area contributed by atoms with E-state index in [2.05, 4.69) is 32.8 Å². The molecule has 0 saturated carbocycles. The van der Waals surface area contributed by atoms with Crippen LogP contribution in [0.3, 0.4) is 0 Å². The van der Waals surface area contributed by atoms with Gasteiger partial charge in [0.1, 0.15) is 5.52 Å². The molecule has 11 nitrogen and oxygen atoms in total. The largest absolute Gasteiger partial charge is 0.463 e. The van der Waals surface area contributed by atoms with E-state index in [0.29, 0.717) is 56.8 Å². The van der Waals surface area contributed by atoms with Gasteiger partial charge in [-0.25, -0.2) is 4.79 Å². The third-order valence-electron chi connectivity index (χ3n) is 5.32. The van der Waals surface area contributed by atoms with Crippen LogP contribution in [0.4, 0.5) is 5.82 Å². The SMILES string of the molecule is CCCCOc1nc(N)c2[nH]c(=O)n(CCCN(CCCOS(C)(=O)=O)Cc3cc[c]cc3)c2n1. The van der Waals surface area contributed by atoms with Gasteiger partial charge in [0.2, 0.25) is 0 Å². The number of aryl methyl sites for hydroxylation is 1. The Morgan fingerprint density at radius 3 is 2.60 bits per heavy atom. The zero-order valence-electron chi connectivity index (χ0n) is 20.2. The van der Waals surface area contributed by atoms with E-state index in [4.69, 9.17) is 14.7 Å². The molecule has 0 bridgehead atoms. The third kappa shape index (κ3) is 8.34. The Labute approximate surface area is 205 Å². The minimum absolute atomic E-state index is 0.122. The number of rotatable bonds is 15. The highest BCUT2D eigenvalue weighted by atomic mass is 32.2. The predicted octanol–water partition coefficient (Wildman–Crippen LogP) is 1.94. The molecule has 1 aromatic carbocycles. The van der Waals surface area contributed by atoms with Crippen molar-refractivity contribution in [2.45, 2.75) is 45.7 Å². The predicted molar refractivity (Wildman–Crippen MR) is 134 cm³/mol. The van der Waals surface area contributed by atoms with Gasteiger partial charge in [0.25, 0.3) is 10.1 Å². The standard InChI is InChI=1S/C23H33N6O5S/c1-3-4-15-33-22-26-20(24)19-21(27-22)29(23(30)25-19)14-8-12-28(13-9-16-34-35(2,31)32)17-18-10-6-5-7-11-18/h6-7,10-11H,3-4,8-9,12-17H2,1-2H3,(H,25,30)(H2,24,26,27). The number of aromatic amines is 1. The number of fused-ring (bicyclic) bond motifs is 1. The number of benzene rings is 1. The van der Waals surface area contributed by atoms with E-state index in [0.717, 1.165) is 24.7 Å². The van der Waals surface area contributed by atoms with Crippen molar-refractivity contribution in [1.82, 2.24) is 24.4 Å². The number of nitrogens with two attached hydrogens (primary N) is 1. The first-order valence-corrected chi connectivity index (χ1v) is 13.5. The van der Waals surface area contributed by atoms with E-state index in [1.54, 1.807) is 4.57 Å². The molecule has 2 heterocycles. The average molecular weight is 506 g/mol. The van der Waals surface area contributed by atoms with Crippen molar-refractivity contribution in [3.8, 4) is 6.01 Å². The molecule has 35 heavy (non-hydrogen) atoms. The number of anilines is 1. The molecule has 0 atom stereocenters. The van der Waals surface area contributed by atoms with Gasteiger partial charge in [-0.05, 0) is 30.9 Å². The van der Waals surface area contributed by atoms with Gasteiger partial charge in [-0.15, -0.1) is 0 Å². The van der Waals surface area contributed by atoms with E-state index in [-0.39, 0.29) is 24.1 Å². The highest BCUT2D eigenvalue weighted by Gasteiger charge is 2.15. The Hall–Kier alpha value is -2.96. The summed E-state index contributed by atoms with van der Waals surface area (Å²) in [6, 6.07) is 10.9. The fourth-order valence-electron chi connectivity index (χ4n) is 3.62. The minimum Gasteiger partial charge on any atom is -0.463 e. The number of nitrogens with zero attached hydrogens (tertiary/aromatic N) is 4. The van der Waals surface area contributed by atoms with E-state index in [1.165, 1.54) is 0 Å². The van der Waals surface area contributed by atoms with Crippen LogP contribution in [0, 0.1) is 6.07 Å². The zero-order chi connectivity index (χ0) is 25.3. The number of hydrogen-bond acceptors (Lipinski definition) is 9. The number of hydrogen-bond donors (Lipinski definition) is 2. The molecular weight excluding hydrogens is 472 g/mol. The van der Waals surface area contributed by atoms with Gasteiger partial charge >= 0.3 is 11.7 Å². The molecular formula is C23H33N6O5S. The molecule has 0 aliphatic rings. The maximum Gasteiger partial charge on any atom is 0.327 e. The van der Waals surface area contributed by atoms with Crippen LogP contribution in [0.2, 0.25) is 0 Å².